The summed E-state index contributed by atoms with van der Waals surface area (Å²) in [5, 5.41) is 2.71. The third kappa shape index (κ3) is 10.4. The molecule has 0 fully saturated rings. The van der Waals surface area contributed by atoms with Crippen molar-refractivity contribution in [2.45, 2.75) is 90.0 Å². The largest absolute Gasteiger partial charge is 0.473 e. The highest BCUT2D eigenvalue weighted by atomic mass is 32.1. The minimum Gasteiger partial charge on any atom is -0.473 e. The van der Waals surface area contributed by atoms with Crippen LogP contribution in [0.1, 0.15) is 38.5 Å². The molecule has 0 aromatic carbocycles. The van der Waals surface area contributed by atoms with Crippen LogP contribution in [0.5, 0.6) is 5.06 Å². The van der Waals surface area contributed by atoms with Crippen LogP contribution >= 0.6 is 11.3 Å². The number of hydrogen-bond acceptors (Lipinski definition) is 6. The average molecular weight is 483 g/mol. The van der Waals surface area contributed by atoms with E-state index >= 15 is 0 Å². The van der Waals surface area contributed by atoms with Crippen molar-refractivity contribution in [3.8, 4) is 5.06 Å². The number of carbonyl (C=O) groups excluding carboxylic acids is 2. The predicted octanol–water partition coefficient (Wildman–Crippen LogP) is 5.99. The zero-order valence-electron chi connectivity index (χ0n) is 19.9. The highest BCUT2D eigenvalue weighted by Crippen LogP contribution is 2.26. The molecule has 0 radical (unpaired) electrons. The lowest BCUT2D eigenvalue weighted by Crippen LogP contribution is -2.35. The fourth-order valence-corrected chi connectivity index (χ4v) is 5.66. The van der Waals surface area contributed by atoms with E-state index in [1.165, 1.54) is 11.3 Å². The summed E-state index contributed by atoms with van der Waals surface area (Å²) in [5.74, 6) is 0.233. The number of thiophene rings is 1. The lowest BCUT2D eigenvalue weighted by atomic mass is 10.0. The maximum absolute atomic E-state index is 12.7. The number of Topliss-reactive ketones (excluding diaryl/α,β-unsaturated/α-hetero) is 2. The molecule has 2 rings (SSSR count). The van der Waals surface area contributed by atoms with Crippen LogP contribution in [0.15, 0.2) is 29.2 Å². The number of hydrogen-bond donors (Lipinski definition) is 0. The van der Waals surface area contributed by atoms with Crippen molar-refractivity contribution < 1.29 is 23.2 Å². The van der Waals surface area contributed by atoms with Crippen molar-refractivity contribution in [3.63, 3.8) is 0 Å². The summed E-state index contributed by atoms with van der Waals surface area (Å²) in [6.45, 7) is 12.8. The van der Waals surface area contributed by atoms with Gasteiger partial charge in [0, 0.05) is 6.42 Å². The molecular formula is C23H38O5SSi2. The summed E-state index contributed by atoms with van der Waals surface area (Å²) < 4.78 is 17.8. The van der Waals surface area contributed by atoms with Crippen molar-refractivity contribution in [2.24, 2.45) is 0 Å². The van der Waals surface area contributed by atoms with E-state index in [0.29, 0.717) is 12.8 Å². The van der Waals surface area contributed by atoms with E-state index in [-0.39, 0.29) is 24.3 Å². The van der Waals surface area contributed by atoms with E-state index in [4.69, 9.17) is 13.6 Å². The van der Waals surface area contributed by atoms with Crippen LogP contribution in [-0.2, 0) is 18.4 Å². The van der Waals surface area contributed by atoms with Crippen LogP contribution in [0.4, 0.5) is 0 Å². The van der Waals surface area contributed by atoms with E-state index < -0.39 is 22.7 Å². The molecule has 8 heteroatoms. The summed E-state index contributed by atoms with van der Waals surface area (Å²) in [7, 11) is -3.40. The molecule has 0 spiro atoms. The lowest BCUT2D eigenvalue weighted by molar-refractivity contribution is -0.128. The standard InChI is InChI=1S/C23H38O5SSi2/c1-30(2,3)26-17-21(25)22(27-23-13-10-14-29-23)12-9-7-8-11-18-15-19(16-20(18)24)28-31(4,5)6/h10,13-15,19,22H,7-9,11-12,16-17H2,1-6H3. The average Bonchev–Trinajstić information content (AvgIpc) is 3.26. The molecule has 0 amide bonds. The molecule has 1 aliphatic rings. The van der Waals surface area contributed by atoms with Crippen LogP contribution in [0, 0.1) is 0 Å². The molecule has 0 N–H and O–H groups in total. The molecular weight excluding hydrogens is 444 g/mol. The molecule has 1 aromatic heterocycles. The van der Waals surface area contributed by atoms with Gasteiger partial charge in [-0.2, -0.15) is 0 Å². The van der Waals surface area contributed by atoms with E-state index in [9.17, 15) is 9.59 Å². The summed E-state index contributed by atoms with van der Waals surface area (Å²) in [6.07, 6.45) is 6.22. The van der Waals surface area contributed by atoms with Gasteiger partial charge >= 0.3 is 0 Å². The molecule has 1 aliphatic carbocycles. The van der Waals surface area contributed by atoms with Crippen LogP contribution in [-0.4, -0.2) is 47.0 Å². The molecule has 5 nitrogen and oxygen atoms in total. The Kier molecular flexibility index (Phi) is 9.88. The molecule has 1 heterocycles. The van der Waals surface area contributed by atoms with Gasteiger partial charge in [0.25, 0.3) is 0 Å². The number of rotatable bonds is 14. The van der Waals surface area contributed by atoms with Gasteiger partial charge in [-0.15, -0.1) is 11.3 Å². The quantitative estimate of drug-likeness (QED) is 0.241. The first-order chi connectivity index (χ1) is 14.4. The van der Waals surface area contributed by atoms with Crippen molar-refractivity contribution in [1.82, 2.24) is 0 Å². The van der Waals surface area contributed by atoms with Crippen molar-refractivity contribution >= 4 is 39.5 Å². The normalized spacial score (nSPS) is 18.2. The zero-order valence-corrected chi connectivity index (χ0v) is 22.7. The highest BCUT2D eigenvalue weighted by molar-refractivity contribution is 7.11. The van der Waals surface area contributed by atoms with Gasteiger partial charge in [-0.25, -0.2) is 0 Å². The second-order valence-corrected chi connectivity index (χ2v) is 20.0. The second-order valence-electron chi connectivity index (χ2n) is 10.1. The van der Waals surface area contributed by atoms with Crippen LogP contribution < -0.4 is 4.74 Å². The monoisotopic (exact) mass is 482 g/mol. The Hall–Kier alpha value is -1.07. The lowest BCUT2D eigenvalue weighted by Gasteiger charge is -2.21. The zero-order chi connectivity index (χ0) is 23.1. The maximum atomic E-state index is 12.7. The van der Waals surface area contributed by atoms with E-state index in [1.807, 2.05) is 23.6 Å². The Morgan fingerprint density at radius 2 is 1.87 bits per heavy atom. The van der Waals surface area contributed by atoms with Gasteiger partial charge in [0.05, 0.1) is 12.7 Å². The second kappa shape index (κ2) is 11.7. The first-order valence-electron chi connectivity index (χ1n) is 11.2. The van der Waals surface area contributed by atoms with Crippen molar-refractivity contribution in [2.75, 3.05) is 6.61 Å². The molecule has 1 aromatic rings. The summed E-state index contributed by atoms with van der Waals surface area (Å²) in [6, 6.07) is 3.81. The third-order valence-electron chi connectivity index (χ3n) is 4.81. The Bertz CT molecular complexity index is 747. The molecule has 174 valence electrons. The van der Waals surface area contributed by atoms with Gasteiger partial charge in [0.1, 0.15) is 0 Å². The molecule has 2 unspecified atom stereocenters. The van der Waals surface area contributed by atoms with E-state index in [2.05, 4.69) is 39.3 Å². The number of allylic oxidation sites excluding steroid dienone is 1. The molecule has 31 heavy (non-hydrogen) atoms. The Labute approximate surface area is 193 Å². The number of ether oxygens (including phenoxy) is 1. The van der Waals surface area contributed by atoms with Crippen LogP contribution in [0.2, 0.25) is 39.3 Å². The van der Waals surface area contributed by atoms with Crippen LogP contribution in [0.25, 0.3) is 0 Å². The summed E-state index contributed by atoms with van der Waals surface area (Å²) >= 11 is 1.50. The van der Waals surface area contributed by atoms with E-state index in [1.54, 1.807) is 0 Å². The molecule has 0 saturated heterocycles. The summed E-state index contributed by atoms with van der Waals surface area (Å²) in [5.41, 5.74) is 0.911. The number of unbranched alkanes of at least 4 members (excludes halogenated alkanes) is 2. The molecule has 2 atom stereocenters. The maximum Gasteiger partial charge on any atom is 0.197 e. The third-order valence-corrected chi connectivity index (χ3v) is 7.59. The van der Waals surface area contributed by atoms with Gasteiger partial charge in [-0.05, 0) is 94.1 Å². The Balaban J connectivity index is 1.79. The van der Waals surface area contributed by atoms with Crippen molar-refractivity contribution in [1.29, 1.82) is 0 Å². The SMILES string of the molecule is C[Si](C)(C)OCC(=O)C(CCCCCC1=CC(O[Si](C)(C)C)CC1=O)Oc1cccs1. The minimum absolute atomic E-state index is 0.0100. The predicted molar refractivity (Wildman–Crippen MR) is 132 cm³/mol. The van der Waals surface area contributed by atoms with Crippen LogP contribution in [0.3, 0.4) is 0 Å². The van der Waals surface area contributed by atoms with Gasteiger partial charge < -0.3 is 13.6 Å². The van der Waals surface area contributed by atoms with Crippen molar-refractivity contribution in [3.05, 3.63) is 29.2 Å². The van der Waals surface area contributed by atoms with Gasteiger partial charge in [0.15, 0.2) is 39.4 Å². The Morgan fingerprint density at radius 3 is 2.48 bits per heavy atom. The summed E-state index contributed by atoms with van der Waals surface area (Å²) in [4.78, 5) is 25.0. The first kappa shape index (κ1) is 26.2. The fourth-order valence-electron chi connectivity index (χ4n) is 3.40. The van der Waals surface area contributed by atoms with Gasteiger partial charge in [-0.3, -0.25) is 9.59 Å². The van der Waals surface area contributed by atoms with Gasteiger partial charge in [-0.1, -0.05) is 6.42 Å². The first-order valence-corrected chi connectivity index (χ1v) is 18.9. The minimum atomic E-state index is -1.75. The van der Waals surface area contributed by atoms with E-state index in [0.717, 1.165) is 36.3 Å². The smallest absolute Gasteiger partial charge is 0.197 e. The van der Waals surface area contributed by atoms with Gasteiger partial charge in [0.2, 0.25) is 0 Å². The highest BCUT2D eigenvalue weighted by Gasteiger charge is 2.28. The number of carbonyl (C=O) groups is 2. The topological polar surface area (TPSA) is 61.8 Å². The Morgan fingerprint density at radius 1 is 1.13 bits per heavy atom. The molecule has 0 aliphatic heterocycles. The fraction of sp³-hybridized carbons (Fsp3) is 0.652. The molecule has 0 saturated carbocycles. The molecule has 0 bridgehead atoms. The number of ketones is 2.